The first-order chi connectivity index (χ1) is 12.0. The molecule has 1 aromatic rings. The molecule has 1 aliphatic rings. The van der Waals surface area contributed by atoms with E-state index in [9.17, 15) is 4.79 Å². The van der Waals surface area contributed by atoms with Gasteiger partial charge in [0.1, 0.15) is 5.60 Å². The number of aromatic nitrogens is 2. The minimum Gasteiger partial charge on any atom is -0.444 e. The van der Waals surface area contributed by atoms with Gasteiger partial charge in [0.05, 0.1) is 11.0 Å². The first-order valence-corrected chi connectivity index (χ1v) is 5.58. The molecule has 0 aliphatic carbocycles. The van der Waals surface area contributed by atoms with Gasteiger partial charge < -0.3 is 14.5 Å². The summed E-state index contributed by atoms with van der Waals surface area (Å²) in [5, 5.41) is 0. The minimum absolute atomic E-state index is 0.168. The lowest BCUT2D eigenvalue weighted by Gasteiger charge is -2.35. The van der Waals surface area contributed by atoms with Crippen LogP contribution in [-0.4, -0.2) is 52.5 Å². The second kappa shape index (κ2) is 5.42. The van der Waals surface area contributed by atoms with Crippen LogP contribution in [0.1, 0.15) is 31.7 Å². The van der Waals surface area contributed by atoms with Gasteiger partial charge in [-0.1, -0.05) is 0 Å². The fourth-order valence-electron chi connectivity index (χ4n) is 1.16. The van der Waals surface area contributed by atoms with E-state index in [2.05, 4.69) is 9.97 Å². The quantitative estimate of drug-likeness (QED) is 0.776. The normalized spacial score (nSPS) is 33.2. The van der Waals surface area contributed by atoms with Crippen molar-refractivity contribution in [2.75, 3.05) is 30.9 Å². The number of carbonyl (C=O) groups is 1. The van der Waals surface area contributed by atoms with Crippen LogP contribution in [0.5, 0.6) is 0 Å². The molecular weight excluding hydrogens is 244 g/mol. The zero-order chi connectivity index (χ0) is 21.1. The van der Waals surface area contributed by atoms with Gasteiger partial charge in [-0.2, -0.15) is 0 Å². The number of anilines is 1. The van der Waals surface area contributed by atoms with Crippen LogP contribution >= 0.6 is 0 Å². The van der Waals surface area contributed by atoms with Gasteiger partial charge in [0, 0.05) is 38.4 Å². The van der Waals surface area contributed by atoms with Gasteiger partial charge in [-0.25, -0.2) is 14.8 Å². The van der Waals surface area contributed by atoms with E-state index < -0.39 is 43.6 Å². The molecule has 2 rings (SSSR count). The standard InChI is InChI=1S/C13H20N4O2/c1-13(2,3)19-12(18)17-9-7-16(8-10-17)11-14-5-4-6-15-11/h4-6H,7-10H2,1-3H3/i7D2,8D2,9D2,10D2. The van der Waals surface area contributed by atoms with E-state index in [1.54, 1.807) is 0 Å². The summed E-state index contributed by atoms with van der Waals surface area (Å²) in [5.41, 5.74) is -1.14. The molecule has 0 spiro atoms. The molecule has 1 amide bonds. The van der Waals surface area contributed by atoms with Gasteiger partial charge in [-0.3, -0.25) is 0 Å². The highest BCUT2D eigenvalue weighted by Crippen LogP contribution is 2.13. The molecule has 0 N–H and O–H groups in total. The number of ether oxygens (including phenoxy) is 1. The zero-order valence-corrected chi connectivity index (χ0v) is 10.8. The third-order valence-electron chi connectivity index (χ3n) is 1.88. The van der Waals surface area contributed by atoms with E-state index in [4.69, 9.17) is 15.7 Å². The van der Waals surface area contributed by atoms with E-state index in [1.165, 1.54) is 39.2 Å². The van der Waals surface area contributed by atoms with Gasteiger partial charge in [-0.15, -0.1) is 0 Å². The second-order valence-corrected chi connectivity index (χ2v) is 4.65. The molecule has 0 atom stereocenters. The summed E-state index contributed by atoms with van der Waals surface area (Å²) in [4.78, 5) is 19.9. The van der Waals surface area contributed by atoms with Gasteiger partial charge in [0.2, 0.25) is 5.95 Å². The summed E-state index contributed by atoms with van der Waals surface area (Å²) in [6, 6.07) is 1.38. The predicted molar refractivity (Wildman–Crippen MR) is 72.1 cm³/mol. The Morgan fingerprint density at radius 3 is 2.37 bits per heavy atom. The molecule has 104 valence electrons. The Kier molecular flexibility index (Phi) is 1.87. The number of hydrogen-bond donors (Lipinski definition) is 0. The summed E-state index contributed by atoms with van der Waals surface area (Å²) < 4.78 is 70.4. The maximum absolute atomic E-state index is 12.5. The first kappa shape index (κ1) is 6.54. The molecule has 0 unspecified atom stereocenters. The Balaban J connectivity index is 2.68. The third-order valence-corrected chi connectivity index (χ3v) is 1.88. The maximum Gasteiger partial charge on any atom is 0.410 e. The Morgan fingerprint density at radius 2 is 1.84 bits per heavy atom. The molecule has 6 nitrogen and oxygen atoms in total. The lowest BCUT2D eigenvalue weighted by atomic mass is 10.2. The van der Waals surface area contributed by atoms with E-state index in [0.29, 0.717) is 0 Å². The molecule has 1 aliphatic heterocycles. The zero-order valence-electron chi connectivity index (χ0n) is 18.8. The highest BCUT2D eigenvalue weighted by molar-refractivity contribution is 5.68. The molecule has 0 bridgehead atoms. The van der Waals surface area contributed by atoms with Crippen molar-refractivity contribution in [2.45, 2.75) is 26.4 Å². The molecule has 0 saturated carbocycles. The van der Waals surface area contributed by atoms with Crippen LogP contribution in [0, 0.1) is 0 Å². The summed E-state index contributed by atoms with van der Waals surface area (Å²) in [7, 11) is 0. The molecule has 6 heteroatoms. The Hall–Kier alpha value is -1.85. The van der Waals surface area contributed by atoms with Crippen LogP contribution in [-0.2, 0) is 4.74 Å². The van der Waals surface area contributed by atoms with Crippen molar-refractivity contribution in [3.05, 3.63) is 18.5 Å². The van der Waals surface area contributed by atoms with Crippen LogP contribution < -0.4 is 4.90 Å². The number of carbonyl (C=O) groups excluding carboxylic acids is 1. The highest BCUT2D eigenvalue weighted by atomic mass is 16.6. The van der Waals surface area contributed by atoms with E-state index in [1.807, 2.05) is 0 Å². The number of amides is 1. The Labute approximate surface area is 124 Å². The monoisotopic (exact) mass is 272 g/mol. The first-order valence-electron chi connectivity index (χ1n) is 9.58. The number of nitrogens with zero attached hydrogens (tertiary/aromatic N) is 4. The minimum atomic E-state index is -3.33. The lowest BCUT2D eigenvalue weighted by molar-refractivity contribution is 0.0240. The summed E-state index contributed by atoms with van der Waals surface area (Å²) >= 11 is 0. The molecule has 19 heavy (non-hydrogen) atoms. The lowest BCUT2D eigenvalue weighted by Crippen LogP contribution is -2.50. The van der Waals surface area contributed by atoms with Crippen molar-refractivity contribution in [2.24, 2.45) is 0 Å². The van der Waals surface area contributed by atoms with E-state index in [0.717, 1.165) is 0 Å². The molecule has 2 heterocycles. The highest BCUT2D eigenvalue weighted by Gasteiger charge is 2.26. The van der Waals surface area contributed by atoms with Gasteiger partial charge in [-0.05, 0) is 26.8 Å². The van der Waals surface area contributed by atoms with Gasteiger partial charge in [0.15, 0.2) is 0 Å². The molecule has 0 aromatic carbocycles. The molecule has 1 aromatic heterocycles. The second-order valence-electron chi connectivity index (χ2n) is 4.65. The van der Waals surface area contributed by atoms with Crippen LogP contribution in [0.15, 0.2) is 18.5 Å². The van der Waals surface area contributed by atoms with Crippen molar-refractivity contribution in [1.29, 1.82) is 0 Å². The van der Waals surface area contributed by atoms with Crippen molar-refractivity contribution in [1.82, 2.24) is 14.9 Å². The van der Waals surface area contributed by atoms with Crippen LogP contribution in [0.3, 0.4) is 0 Å². The van der Waals surface area contributed by atoms with Crippen molar-refractivity contribution < 1.29 is 20.5 Å². The smallest absolute Gasteiger partial charge is 0.410 e. The molecule has 1 saturated heterocycles. The predicted octanol–water partition coefficient (Wildman–Crippen LogP) is 1.53. The summed E-state index contributed by atoms with van der Waals surface area (Å²) in [6.07, 6.45) is 0.832. The summed E-state index contributed by atoms with van der Waals surface area (Å²) in [6.45, 7) is -8.73. The van der Waals surface area contributed by atoms with E-state index in [-0.39, 0.29) is 9.80 Å². The largest absolute Gasteiger partial charge is 0.444 e. The van der Waals surface area contributed by atoms with Crippen molar-refractivity contribution in [3.8, 4) is 0 Å². The van der Waals surface area contributed by atoms with Crippen LogP contribution in [0.4, 0.5) is 10.7 Å². The average molecular weight is 272 g/mol. The van der Waals surface area contributed by atoms with Gasteiger partial charge >= 0.3 is 6.09 Å². The summed E-state index contributed by atoms with van der Waals surface area (Å²) in [5.74, 6) is -0.566. The van der Waals surface area contributed by atoms with Crippen molar-refractivity contribution >= 4 is 12.0 Å². The maximum atomic E-state index is 12.5. The molecular formula is C13H20N4O2. The number of hydrogen-bond acceptors (Lipinski definition) is 5. The Morgan fingerprint density at radius 1 is 1.26 bits per heavy atom. The van der Waals surface area contributed by atoms with Crippen LogP contribution in [0.25, 0.3) is 0 Å². The van der Waals surface area contributed by atoms with Gasteiger partial charge in [0.25, 0.3) is 0 Å². The topological polar surface area (TPSA) is 58.6 Å². The van der Waals surface area contributed by atoms with Crippen LogP contribution in [0.2, 0.25) is 0 Å². The molecule has 1 fully saturated rings. The van der Waals surface area contributed by atoms with E-state index >= 15 is 0 Å². The number of rotatable bonds is 1. The fraction of sp³-hybridized carbons (Fsp3) is 0.615. The SMILES string of the molecule is [2H]C1([2H])N(C(=O)OC(C)(C)C)C([2H])([2H])C([2H])([2H])N(c2ncccn2)C1([2H])[2H]. The average Bonchev–Trinajstić information content (AvgIpc) is 2.43. The van der Waals surface area contributed by atoms with Crippen molar-refractivity contribution in [3.63, 3.8) is 0 Å². The Bertz CT molecular complexity index is 695. The molecule has 0 radical (unpaired) electrons. The fourth-order valence-corrected chi connectivity index (χ4v) is 1.16. The third kappa shape index (κ3) is 3.81. The number of piperazine rings is 1.